The number of imidazole rings is 1. The summed E-state index contributed by atoms with van der Waals surface area (Å²) in [4.78, 5) is 15.3. The van der Waals surface area contributed by atoms with Crippen molar-refractivity contribution >= 4 is 15.6 Å². The van der Waals surface area contributed by atoms with Gasteiger partial charge in [0.25, 0.3) is 0 Å². The average Bonchev–Trinajstić information content (AvgIpc) is 2.47. The number of ketones is 1. The van der Waals surface area contributed by atoms with Gasteiger partial charge in [-0.3, -0.25) is 4.79 Å². The summed E-state index contributed by atoms with van der Waals surface area (Å²) < 4.78 is 23.4. The SMILES string of the molecule is CCn1ccnc1C(=O)CS(C)(=O)=O. The highest BCUT2D eigenvalue weighted by atomic mass is 32.2. The third kappa shape index (κ3) is 2.66. The van der Waals surface area contributed by atoms with Crippen molar-refractivity contribution in [3.8, 4) is 0 Å². The molecule has 0 aliphatic heterocycles. The van der Waals surface area contributed by atoms with Crippen LogP contribution in [-0.4, -0.2) is 35.8 Å². The molecule has 0 aromatic carbocycles. The van der Waals surface area contributed by atoms with Crippen molar-refractivity contribution in [2.75, 3.05) is 12.0 Å². The van der Waals surface area contributed by atoms with Gasteiger partial charge in [-0.2, -0.15) is 0 Å². The molecule has 0 fully saturated rings. The fourth-order valence-corrected chi connectivity index (χ4v) is 1.72. The van der Waals surface area contributed by atoms with Crippen molar-refractivity contribution in [2.24, 2.45) is 0 Å². The van der Waals surface area contributed by atoms with Crippen LogP contribution in [0.2, 0.25) is 0 Å². The van der Waals surface area contributed by atoms with Crippen LogP contribution in [0.4, 0.5) is 0 Å². The van der Waals surface area contributed by atoms with E-state index in [1.54, 1.807) is 10.8 Å². The molecule has 0 saturated heterocycles. The van der Waals surface area contributed by atoms with E-state index in [9.17, 15) is 13.2 Å². The van der Waals surface area contributed by atoms with Crippen molar-refractivity contribution in [3.63, 3.8) is 0 Å². The summed E-state index contributed by atoms with van der Waals surface area (Å²) in [6.45, 7) is 2.46. The van der Waals surface area contributed by atoms with E-state index in [1.807, 2.05) is 6.92 Å². The van der Waals surface area contributed by atoms with Crippen molar-refractivity contribution in [2.45, 2.75) is 13.5 Å². The summed E-state index contributed by atoms with van der Waals surface area (Å²) in [5.41, 5.74) is 0. The van der Waals surface area contributed by atoms with E-state index >= 15 is 0 Å². The lowest BCUT2D eigenvalue weighted by Gasteiger charge is -2.02. The van der Waals surface area contributed by atoms with Gasteiger partial charge in [0.15, 0.2) is 15.7 Å². The molecule has 0 atom stereocenters. The Kier molecular flexibility index (Phi) is 3.05. The van der Waals surface area contributed by atoms with Crippen LogP contribution < -0.4 is 0 Å². The average molecular weight is 216 g/mol. The maximum absolute atomic E-state index is 11.4. The van der Waals surface area contributed by atoms with Crippen molar-refractivity contribution in [1.82, 2.24) is 9.55 Å². The Morgan fingerprint density at radius 1 is 1.57 bits per heavy atom. The van der Waals surface area contributed by atoms with E-state index in [0.29, 0.717) is 6.54 Å². The van der Waals surface area contributed by atoms with Gasteiger partial charge in [0, 0.05) is 25.2 Å². The first-order valence-electron chi connectivity index (χ1n) is 4.16. The number of carbonyl (C=O) groups is 1. The van der Waals surface area contributed by atoms with Crippen LogP contribution >= 0.6 is 0 Å². The molecule has 6 heteroatoms. The fraction of sp³-hybridized carbons (Fsp3) is 0.500. The molecule has 0 spiro atoms. The number of sulfone groups is 1. The predicted octanol–water partition coefficient (Wildman–Crippen LogP) is 0.130. The smallest absolute Gasteiger partial charge is 0.213 e. The van der Waals surface area contributed by atoms with Crippen molar-refractivity contribution in [3.05, 3.63) is 18.2 Å². The second-order valence-electron chi connectivity index (χ2n) is 3.03. The molecule has 1 aromatic heterocycles. The van der Waals surface area contributed by atoms with Gasteiger partial charge >= 0.3 is 0 Å². The number of aromatic nitrogens is 2. The molecule has 1 rings (SSSR count). The standard InChI is InChI=1S/C8H12N2O3S/c1-3-10-5-4-9-8(10)7(11)6-14(2,12)13/h4-5H,3,6H2,1-2H3. The minimum Gasteiger partial charge on any atom is -0.329 e. The van der Waals surface area contributed by atoms with Crippen LogP contribution in [0.25, 0.3) is 0 Å². The van der Waals surface area contributed by atoms with Crippen LogP contribution in [0.3, 0.4) is 0 Å². The molecule has 0 unspecified atom stereocenters. The van der Waals surface area contributed by atoms with E-state index in [-0.39, 0.29) is 5.82 Å². The van der Waals surface area contributed by atoms with Gasteiger partial charge in [-0.05, 0) is 6.92 Å². The van der Waals surface area contributed by atoms with Crippen LogP contribution in [-0.2, 0) is 16.4 Å². The first-order chi connectivity index (χ1) is 6.44. The van der Waals surface area contributed by atoms with Crippen LogP contribution in [0, 0.1) is 0 Å². The highest BCUT2D eigenvalue weighted by Gasteiger charge is 2.17. The summed E-state index contributed by atoms with van der Waals surface area (Å²) in [5, 5.41) is 0. The molecule has 1 heterocycles. The zero-order valence-electron chi connectivity index (χ0n) is 8.10. The molecule has 0 radical (unpaired) electrons. The van der Waals surface area contributed by atoms with Crippen LogP contribution in [0.5, 0.6) is 0 Å². The molecular weight excluding hydrogens is 204 g/mol. The van der Waals surface area contributed by atoms with E-state index in [4.69, 9.17) is 0 Å². The third-order valence-corrected chi connectivity index (χ3v) is 2.49. The third-order valence-electron chi connectivity index (χ3n) is 1.70. The molecule has 0 N–H and O–H groups in total. The Hall–Kier alpha value is -1.17. The fourth-order valence-electron chi connectivity index (χ4n) is 1.12. The Balaban J connectivity index is 2.90. The minimum absolute atomic E-state index is 0.206. The normalized spacial score (nSPS) is 11.6. The molecular formula is C8H12N2O3S. The topological polar surface area (TPSA) is 69.0 Å². The zero-order chi connectivity index (χ0) is 10.8. The van der Waals surface area contributed by atoms with Crippen LogP contribution in [0.15, 0.2) is 12.4 Å². The highest BCUT2D eigenvalue weighted by molar-refractivity contribution is 7.91. The second kappa shape index (κ2) is 3.91. The molecule has 0 amide bonds. The summed E-state index contributed by atoms with van der Waals surface area (Å²) >= 11 is 0. The van der Waals surface area contributed by atoms with E-state index < -0.39 is 21.4 Å². The predicted molar refractivity (Wildman–Crippen MR) is 51.9 cm³/mol. The maximum atomic E-state index is 11.4. The lowest BCUT2D eigenvalue weighted by molar-refractivity contribution is 0.100. The minimum atomic E-state index is -3.28. The number of nitrogens with zero attached hydrogens (tertiary/aromatic N) is 2. The largest absolute Gasteiger partial charge is 0.329 e. The molecule has 1 aromatic rings. The summed E-state index contributed by atoms with van der Waals surface area (Å²) in [7, 11) is -3.28. The highest BCUT2D eigenvalue weighted by Crippen LogP contribution is 2.00. The number of hydrogen-bond acceptors (Lipinski definition) is 4. The Bertz CT molecular complexity index is 433. The number of Topliss-reactive ketones (excluding diaryl/α,β-unsaturated/α-hetero) is 1. The number of carbonyl (C=O) groups excluding carboxylic acids is 1. The molecule has 0 bridgehead atoms. The van der Waals surface area contributed by atoms with E-state index in [1.165, 1.54) is 6.20 Å². The Morgan fingerprint density at radius 3 is 2.71 bits per heavy atom. The van der Waals surface area contributed by atoms with Crippen molar-refractivity contribution < 1.29 is 13.2 Å². The molecule has 78 valence electrons. The van der Waals surface area contributed by atoms with Gasteiger partial charge in [0.05, 0.1) is 0 Å². The summed E-state index contributed by atoms with van der Waals surface area (Å²) in [5.74, 6) is -0.735. The van der Waals surface area contributed by atoms with Crippen LogP contribution in [0.1, 0.15) is 17.5 Å². The molecule has 5 nitrogen and oxygen atoms in total. The number of hydrogen-bond donors (Lipinski definition) is 0. The molecule has 0 saturated carbocycles. The summed E-state index contributed by atoms with van der Waals surface area (Å²) in [6.07, 6.45) is 4.17. The number of rotatable bonds is 4. The first-order valence-corrected chi connectivity index (χ1v) is 6.22. The van der Waals surface area contributed by atoms with E-state index in [0.717, 1.165) is 6.26 Å². The monoisotopic (exact) mass is 216 g/mol. The molecule has 0 aliphatic rings. The summed E-state index contributed by atoms with van der Waals surface area (Å²) in [6, 6.07) is 0. The van der Waals surface area contributed by atoms with E-state index in [2.05, 4.69) is 4.98 Å². The van der Waals surface area contributed by atoms with Gasteiger partial charge in [-0.25, -0.2) is 13.4 Å². The lowest BCUT2D eigenvalue weighted by atomic mass is 10.4. The van der Waals surface area contributed by atoms with Crippen molar-refractivity contribution in [1.29, 1.82) is 0 Å². The quantitative estimate of drug-likeness (QED) is 0.671. The molecule has 14 heavy (non-hydrogen) atoms. The van der Waals surface area contributed by atoms with Gasteiger partial charge < -0.3 is 4.57 Å². The van der Waals surface area contributed by atoms with Gasteiger partial charge in [-0.15, -0.1) is 0 Å². The zero-order valence-corrected chi connectivity index (χ0v) is 8.91. The Labute approximate surface area is 82.7 Å². The molecule has 0 aliphatic carbocycles. The second-order valence-corrected chi connectivity index (χ2v) is 5.17. The number of aryl methyl sites for hydroxylation is 1. The van der Waals surface area contributed by atoms with Gasteiger partial charge in [0.1, 0.15) is 5.75 Å². The first kappa shape index (κ1) is 10.9. The maximum Gasteiger partial charge on any atom is 0.213 e. The lowest BCUT2D eigenvalue weighted by Crippen LogP contribution is -2.18. The van der Waals surface area contributed by atoms with Gasteiger partial charge in [0.2, 0.25) is 5.78 Å². The Morgan fingerprint density at radius 2 is 2.21 bits per heavy atom. The van der Waals surface area contributed by atoms with Gasteiger partial charge in [-0.1, -0.05) is 0 Å².